The Kier molecular flexibility index (Phi) is 4.65. The standard InChI is InChI=1S/C14H20N2O3S/c1-11(12-7-8-12)14(17)15-9-10-20(18,19)16-13-5-3-2-4-6-13/h2-6,11-12,16H,7-10H2,1H3,(H,15,17)/t11-/m1/s1. The number of hydrogen-bond donors (Lipinski definition) is 2. The molecule has 2 rings (SSSR count). The third-order valence-corrected chi connectivity index (χ3v) is 4.75. The van der Waals surface area contributed by atoms with Gasteiger partial charge in [0.25, 0.3) is 0 Å². The summed E-state index contributed by atoms with van der Waals surface area (Å²) >= 11 is 0. The molecule has 2 N–H and O–H groups in total. The summed E-state index contributed by atoms with van der Waals surface area (Å²) in [6, 6.07) is 8.71. The van der Waals surface area contributed by atoms with Crippen molar-refractivity contribution >= 4 is 21.6 Å². The molecule has 0 radical (unpaired) electrons. The number of para-hydroxylation sites is 1. The van der Waals surface area contributed by atoms with Crippen LogP contribution in [0.2, 0.25) is 0 Å². The molecule has 1 aliphatic carbocycles. The van der Waals surface area contributed by atoms with Gasteiger partial charge in [-0.3, -0.25) is 9.52 Å². The third kappa shape index (κ3) is 4.52. The molecule has 5 nitrogen and oxygen atoms in total. The van der Waals surface area contributed by atoms with Gasteiger partial charge >= 0.3 is 0 Å². The molecule has 0 bridgehead atoms. The van der Waals surface area contributed by atoms with E-state index >= 15 is 0 Å². The zero-order valence-electron chi connectivity index (χ0n) is 11.5. The summed E-state index contributed by atoms with van der Waals surface area (Å²) in [4.78, 5) is 11.7. The molecular weight excluding hydrogens is 276 g/mol. The van der Waals surface area contributed by atoms with Crippen LogP contribution in [-0.2, 0) is 14.8 Å². The number of hydrogen-bond acceptors (Lipinski definition) is 3. The van der Waals surface area contributed by atoms with Crippen molar-refractivity contribution in [2.45, 2.75) is 19.8 Å². The Morgan fingerprint density at radius 1 is 1.30 bits per heavy atom. The Morgan fingerprint density at radius 2 is 1.95 bits per heavy atom. The SMILES string of the molecule is C[C@@H](C(=O)NCCS(=O)(=O)Nc1ccccc1)C1CC1. The first-order valence-electron chi connectivity index (χ1n) is 6.81. The van der Waals surface area contributed by atoms with Crippen molar-refractivity contribution in [3.05, 3.63) is 30.3 Å². The van der Waals surface area contributed by atoms with Gasteiger partial charge in [-0.1, -0.05) is 25.1 Å². The molecule has 0 unspecified atom stereocenters. The molecule has 1 atom stereocenters. The van der Waals surface area contributed by atoms with Gasteiger partial charge in [0.05, 0.1) is 5.75 Å². The van der Waals surface area contributed by atoms with Crippen molar-refractivity contribution in [1.29, 1.82) is 0 Å². The Balaban J connectivity index is 1.76. The molecule has 1 aromatic carbocycles. The summed E-state index contributed by atoms with van der Waals surface area (Å²) in [6.45, 7) is 2.03. The van der Waals surface area contributed by atoms with E-state index in [0.717, 1.165) is 12.8 Å². The summed E-state index contributed by atoms with van der Waals surface area (Å²) in [6.07, 6.45) is 2.20. The second-order valence-corrected chi connectivity index (χ2v) is 7.05. The van der Waals surface area contributed by atoms with Crippen molar-refractivity contribution in [2.75, 3.05) is 17.0 Å². The van der Waals surface area contributed by atoms with Crippen LogP contribution in [0, 0.1) is 11.8 Å². The fraction of sp³-hybridized carbons (Fsp3) is 0.500. The molecule has 0 aromatic heterocycles. The minimum atomic E-state index is -3.43. The maximum absolute atomic E-state index is 11.8. The Bertz CT molecular complexity index is 553. The van der Waals surface area contributed by atoms with Gasteiger partial charge in [0, 0.05) is 18.2 Å². The second-order valence-electron chi connectivity index (χ2n) is 5.20. The predicted molar refractivity (Wildman–Crippen MR) is 78.7 cm³/mol. The van der Waals surface area contributed by atoms with Gasteiger partial charge in [-0.25, -0.2) is 8.42 Å². The molecule has 1 aliphatic rings. The second kappa shape index (κ2) is 6.26. The lowest BCUT2D eigenvalue weighted by molar-refractivity contribution is -0.124. The molecule has 6 heteroatoms. The van der Waals surface area contributed by atoms with Gasteiger partial charge in [-0.05, 0) is 30.9 Å². The maximum Gasteiger partial charge on any atom is 0.234 e. The van der Waals surface area contributed by atoms with Crippen molar-refractivity contribution < 1.29 is 13.2 Å². The van der Waals surface area contributed by atoms with Crippen LogP contribution < -0.4 is 10.0 Å². The first kappa shape index (κ1) is 14.8. The smallest absolute Gasteiger partial charge is 0.234 e. The van der Waals surface area contributed by atoms with Crippen molar-refractivity contribution in [3.8, 4) is 0 Å². The van der Waals surface area contributed by atoms with Crippen LogP contribution in [0.25, 0.3) is 0 Å². The van der Waals surface area contributed by atoms with E-state index in [2.05, 4.69) is 10.0 Å². The summed E-state index contributed by atoms with van der Waals surface area (Å²) in [7, 11) is -3.43. The highest BCUT2D eigenvalue weighted by molar-refractivity contribution is 7.92. The van der Waals surface area contributed by atoms with Crippen LogP contribution in [0.15, 0.2) is 30.3 Å². The fourth-order valence-electron chi connectivity index (χ4n) is 2.02. The topological polar surface area (TPSA) is 75.3 Å². The molecule has 1 fully saturated rings. The monoisotopic (exact) mass is 296 g/mol. The van der Waals surface area contributed by atoms with E-state index in [4.69, 9.17) is 0 Å². The van der Waals surface area contributed by atoms with Crippen LogP contribution >= 0.6 is 0 Å². The largest absolute Gasteiger partial charge is 0.355 e. The van der Waals surface area contributed by atoms with Gasteiger partial charge in [-0.15, -0.1) is 0 Å². The van der Waals surface area contributed by atoms with Gasteiger partial charge in [0.15, 0.2) is 0 Å². The normalized spacial score (nSPS) is 16.4. The molecule has 1 aromatic rings. The highest BCUT2D eigenvalue weighted by Gasteiger charge is 2.32. The van der Waals surface area contributed by atoms with Crippen LogP contribution in [0.5, 0.6) is 0 Å². The van der Waals surface area contributed by atoms with Crippen molar-refractivity contribution in [1.82, 2.24) is 5.32 Å². The minimum Gasteiger partial charge on any atom is -0.355 e. The highest BCUT2D eigenvalue weighted by atomic mass is 32.2. The van der Waals surface area contributed by atoms with Crippen LogP contribution in [0.4, 0.5) is 5.69 Å². The fourth-order valence-corrected chi connectivity index (χ4v) is 2.98. The van der Waals surface area contributed by atoms with E-state index in [1.807, 2.05) is 13.0 Å². The number of sulfonamides is 1. The van der Waals surface area contributed by atoms with Gasteiger partial charge < -0.3 is 5.32 Å². The summed E-state index contributed by atoms with van der Waals surface area (Å²) in [5, 5.41) is 2.69. The Hall–Kier alpha value is -1.56. The van der Waals surface area contributed by atoms with Crippen LogP contribution in [0.1, 0.15) is 19.8 Å². The van der Waals surface area contributed by atoms with Crippen molar-refractivity contribution in [2.24, 2.45) is 11.8 Å². The Labute approximate surface area is 119 Å². The van der Waals surface area contributed by atoms with E-state index in [1.165, 1.54) is 0 Å². The van der Waals surface area contributed by atoms with E-state index in [0.29, 0.717) is 11.6 Å². The molecule has 0 aliphatic heterocycles. The summed E-state index contributed by atoms with van der Waals surface area (Å²) in [5.41, 5.74) is 0.533. The lowest BCUT2D eigenvalue weighted by atomic mass is 10.1. The van der Waals surface area contributed by atoms with Crippen LogP contribution in [-0.4, -0.2) is 26.6 Å². The quantitative estimate of drug-likeness (QED) is 0.802. The number of carbonyl (C=O) groups is 1. The predicted octanol–water partition coefficient (Wildman–Crippen LogP) is 1.59. The van der Waals surface area contributed by atoms with Crippen molar-refractivity contribution in [3.63, 3.8) is 0 Å². The molecule has 0 heterocycles. The first-order chi connectivity index (χ1) is 9.48. The zero-order chi connectivity index (χ0) is 14.6. The van der Waals surface area contributed by atoms with E-state index in [-0.39, 0.29) is 24.1 Å². The maximum atomic E-state index is 11.8. The third-order valence-electron chi connectivity index (χ3n) is 3.46. The van der Waals surface area contributed by atoms with E-state index in [9.17, 15) is 13.2 Å². The zero-order valence-corrected chi connectivity index (χ0v) is 12.3. The number of benzene rings is 1. The molecule has 1 amide bonds. The van der Waals surface area contributed by atoms with Gasteiger partial charge in [0.1, 0.15) is 0 Å². The Morgan fingerprint density at radius 3 is 2.55 bits per heavy atom. The van der Waals surface area contributed by atoms with Crippen LogP contribution in [0.3, 0.4) is 0 Å². The number of rotatable bonds is 7. The van der Waals surface area contributed by atoms with Gasteiger partial charge in [0.2, 0.25) is 15.9 Å². The average molecular weight is 296 g/mol. The molecule has 0 spiro atoms. The summed E-state index contributed by atoms with van der Waals surface area (Å²) in [5.74, 6) is 0.293. The van der Waals surface area contributed by atoms with E-state index < -0.39 is 10.0 Å². The highest BCUT2D eigenvalue weighted by Crippen LogP contribution is 2.36. The molecular formula is C14H20N2O3S. The lowest BCUT2D eigenvalue weighted by Crippen LogP contribution is -2.35. The first-order valence-corrected chi connectivity index (χ1v) is 8.46. The average Bonchev–Trinajstić information content (AvgIpc) is 3.22. The van der Waals surface area contributed by atoms with E-state index in [1.54, 1.807) is 24.3 Å². The number of nitrogens with one attached hydrogen (secondary N) is 2. The number of amides is 1. The number of anilines is 1. The van der Waals surface area contributed by atoms with Gasteiger partial charge in [-0.2, -0.15) is 0 Å². The molecule has 20 heavy (non-hydrogen) atoms. The number of carbonyl (C=O) groups excluding carboxylic acids is 1. The minimum absolute atomic E-state index is 0.0141. The molecule has 1 saturated carbocycles. The molecule has 0 saturated heterocycles. The lowest BCUT2D eigenvalue weighted by Gasteiger charge is -2.12. The summed E-state index contributed by atoms with van der Waals surface area (Å²) < 4.78 is 26.1. The molecule has 110 valence electrons.